The molecule has 0 aliphatic rings. The SMILES string of the molecule is COC(=O)CCc1c(-c2ccccn2)n(C)c2ccc(Cl)cc12. The summed E-state index contributed by atoms with van der Waals surface area (Å²) in [6, 6.07) is 11.6. The first-order valence-electron chi connectivity index (χ1n) is 7.37. The van der Waals surface area contributed by atoms with Crippen molar-refractivity contribution in [3.8, 4) is 11.4 Å². The molecule has 0 atom stereocenters. The minimum atomic E-state index is -0.226. The van der Waals surface area contributed by atoms with E-state index in [0.29, 0.717) is 17.9 Å². The zero-order valence-electron chi connectivity index (χ0n) is 13.0. The molecule has 0 aliphatic heterocycles. The molecule has 0 aliphatic carbocycles. The summed E-state index contributed by atoms with van der Waals surface area (Å²) in [6.45, 7) is 0. The molecule has 0 amide bonds. The van der Waals surface area contributed by atoms with Crippen molar-refractivity contribution < 1.29 is 9.53 Å². The van der Waals surface area contributed by atoms with Crippen molar-refractivity contribution in [2.45, 2.75) is 12.8 Å². The fourth-order valence-electron chi connectivity index (χ4n) is 2.90. The van der Waals surface area contributed by atoms with Crippen LogP contribution in [0.25, 0.3) is 22.3 Å². The smallest absolute Gasteiger partial charge is 0.305 e. The number of carbonyl (C=O) groups excluding carboxylic acids is 1. The summed E-state index contributed by atoms with van der Waals surface area (Å²) >= 11 is 6.17. The molecule has 4 nitrogen and oxygen atoms in total. The number of aryl methyl sites for hydroxylation is 2. The fraction of sp³-hybridized carbons (Fsp3) is 0.222. The first-order chi connectivity index (χ1) is 11.1. The van der Waals surface area contributed by atoms with Gasteiger partial charge in [-0.25, -0.2) is 0 Å². The summed E-state index contributed by atoms with van der Waals surface area (Å²) in [4.78, 5) is 16.0. The highest BCUT2D eigenvalue weighted by atomic mass is 35.5. The normalized spacial score (nSPS) is 10.9. The van der Waals surface area contributed by atoms with Crippen LogP contribution in [0.3, 0.4) is 0 Å². The second-order valence-corrected chi connectivity index (χ2v) is 5.78. The van der Waals surface area contributed by atoms with E-state index in [0.717, 1.165) is 27.9 Å². The van der Waals surface area contributed by atoms with E-state index in [-0.39, 0.29) is 5.97 Å². The number of nitrogens with zero attached hydrogens (tertiary/aromatic N) is 2. The van der Waals surface area contributed by atoms with Crippen LogP contribution < -0.4 is 0 Å². The molecule has 3 rings (SSSR count). The minimum absolute atomic E-state index is 0.226. The number of rotatable bonds is 4. The number of hydrogen-bond acceptors (Lipinski definition) is 3. The van der Waals surface area contributed by atoms with Crippen LogP contribution in [0.5, 0.6) is 0 Å². The Morgan fingerprint density at radius 2 is 2.13 bits per heavy atom. The molecule has 118 valence electrons. The average molecular weight is 329 g/mol. The van der Waals surface area contributed by atoms with Crippen LogP contribution in [-0.2, 0) is 23.0 Å². The first-order valence-corrected chi connectivity index (χ1v) is 7.74. The molecule has 2 aromatic heterocycles. The van der Waals surface area contributed by atoms with Gasteiger partial charge in [-0.1, -0.05) is 17.7 Å². The second-order valence-electron chi connectivity index (χ2n) is 5.34. The van der Waals surface area contributed by atoms with E-state index >= 15 is 0 Å². The summed E-state index contributed by atoms with van der Waals surface area (Å²) in [6.07, 6.45) is 2.67. The van der Waals surface area contributed by atoms with Crippen molar-refractivity contribution in [2.24, 2.45) is 7.05 Å². The molecule has 0 fully saturated rings. The molecule has 0 N–H and O–H groups in total. The van der Waals surface area contributed by atoms with Gasteiger partial charge in [0.15, 0.2) is 0 Å². The molecule has 0 bridgehead atoms. The molecule has 5 heteroatoms. The zero-order valence-corrected chi connectivity index (χ0v) is 13.8. The molecule has 0 saturated heterocycles. The van der Waals surface area contributed by atoms with Crippen LogP contribution in [0.1, 0.15) is 12.0 Å². The van der Waals surface area contributed by atoms with Crippen molar-refractivity contribution >= 4 is 28.5 Å². The van der Waals surface area contributed by atoms with Crippen molar-refractivity contribution in [1.29, 1.82) is 0 Å². The maximum Gasteiger partial charge on any atom is 0.305 e. The van der Waals surface area contributed by atoms with Gasteiger partial charge in [0.1, 0.15) is 0 Å². The van der Waals surface area contributed by atoms with E-state index in [2.05, 4.69) is 9.55 Å². The summed E-state index contributed by atoms with van der Waals surface area (Å²) < 4.78 is 6.87. The Morgan fingerprint density at radius 3 is 2.83 bits per heavy atom. The van der Waals surface area contributed by atoms with Crippen LogP contribution in [0.4, 0.5) is 0 Å². The predicted molar refractivity (Wildman–Crippen MR) is 91.5 cm³/mol. The monoisotopic (exact) mass is 328 g/mol. The van der Waals surface area contributed by atoms with Crippen LogP contribution in [0.15, 0.2) is 42.6 Å². The highest BCUT2D eigenvalue weighted by molar-refractivity contribution is 6.31. The number of methoxy groups -OCH3 is 1. The van der Waals surface area contributed by atoms with E-state index in [4.69, 9.17) is 16.3 Å². The number of aromatic nitrogens is 2. The van der Waals surface area contributed by atoms with Crippen molar-refractivity contribution in [3.63, 3.8) is 0 Å². The van der Waals surface area contributed by atoms with Gasteiger partial charge in [0.05, 0.1) is 18.5 Å². The van der Waals surface area contributed by atoms with E-state index < -0.39 is 0 Å². The van der Waals surface area contributed by atoms with Crippen LogP contribution >= 0.6 is 11.6 Å². The molecule has 0 unspecified atom stereocenters. The van der Waals surface area contributed by atoms with E-state index in [9.17, 15) is 4.79 Å². The van der Waals surface area contributed by atoms with Gasteiger partial charge in [-0.05, 0) is 42.3 Å². The van der Waals surface area contributed by atoms with Gasteiger partial charge < -0.3 is 9.30 Å². The lowest BCUT2D eigenvalue weighted by Gasteiger charge is -2.07. The predicted octanol–water partition coefficient (Wildman–Crippen LogP) is 4.00. The number of pyridine rings is 1. The molecular formula is C18H17ClN2O2. The Morgan fingerprint density at radius 1 is 1.30 bits per heavy atom. The van der Waals surface area contributed by atoms with Crippen molar-refractivity contribution in [3.05, 3.63) is 53.2 Å². The van der Waals surface area contributed by atoms with Gasteiger partial charge in [-0.2, -0.15) is 0 Å². The molecule has 1 aromatic carbocycles. The number of halogens is 1. The molecule has 0 saturated carbocycles. The number of fused-ring (bicyclic) bond motifs is 1. The summed E-state index contributed by atoms with van der Waals surface area (Å²) in [5, 5.41) is 1.72. The van der Waals surface area contributed by atoms with Gasteiger partial charge in [0.2, 0.25) is 0 Å². The quantitative estimate of drug-likeness (QED) is 0.680. The molecular weight excluding hydrogens is 312 g/mol. The summed E-state index contributed by atoms with van der Waals surface area (Å²) in [5.74, 6) is -0.226. The first kappa shape index (κ1) is 15.6. The Kier molecular flexibility index (Phi) is 4.35. The lowest BCUT2D eigenvalue weighted by molar-refractivity contribution is -0.140. The molecule has 3 aromatic rings. The Bertz CT molecular complexity index is 856. The number of carbonyl (C=O) groups is 1. The highest BCUT2D eigenvalue weighted by Gasteiger charge is 2.18. The minimum Gasteiger partial charge on any atom is -0.469 e. The topological polar surface area (TPSA) is 44.1 Å². The molecule has 0 radical (unpaired) electrons. The molecule has 23 heavy (non-hydrogen) atoms. The molecule has 0 spiro atoms. The standard InChI is InChI=1S/C18H17ClN2O2/c1-21-16-8-6-12(19)11-14(16)13(7-9-17(22)23-2)18(21)15-5-3-4-10-20-15/h3-6,8,10-11H,7,9H2,1-2H3. The van der Waals surface area contributed by atoms with E-state index in [1.807, 2.05) is 43.4 Å². The lowest BCUT2D eigenvalue weighted by Crippen LogP contribution is -2.03. The van der Waals surface area contributed by atoms with Gasteiger partial charge in [-0.3, -0.25) is 9.78 Å². The maximum atomic E-state index is 11.6. The fourth-order valence-corrected chi connectivity index (χ4v) is 3.08. The Balaban J connectivity index is 2.20. The summed E-state index contributed by atoms with van der Waals surface area (Å²) in [5.41, 5.74) is 4.01. The highest BCUT2D eigenvalue weighted by Crippen LogP contribution is 2.34. The zero-order chi connectivity index (χ0) is 16.4. The van der Waals surface area contributed by atoms with Gasteiger partial charge in [-0.15, -0.1) is 0 Å². The summed E-state index contributed by atoms with van der Waals surface area (Å²) in [7, 11) is 3.41. The molecule has 2 heterocycles. The average Bonchev–Trinajstić information content (AvgIpc) is 2.85. The Hall–Kier alpha value is -2.33. The number of hydrogen-bond donors (Lipinski definition) is 0. The Labute approximate surface area is 139 Å². The maximum absolute atomic E-state index is 11.6. The van der Waals surface area contributed by atoms with Crippen LogP contribution in [0, 0.1) is 0 Å². The van der Waals surface area contributed by atoms with Gasteiger partial charge in [0.25, 0.3) is 0 Å². The van der Waals surface area contributed by atoms with E-state index in [1.165, 1.54) is 7.11 Å². The van der Waals surface area contributed by atoms with Gasteiger partial charge in [0, 0.05) is 35.6 Å². The number of ether oxygens (including phenoxy) is 1. The van der Waals surface area contributed by atoms with Crippen LogP contribution in [0.2, 0.25) is 5.02 Å². The third-order valence-electron chi connectivity index (χ3n) is 3.98. The second kappa shape index (κ2) is 6.42. The third kappa shape index (κ3) is 2.94. The van der Waals surface area contributed by atoms with Crippen molar-refractivity contribution in [1.82, 2.24) is 9.55 Å². The van der Waals surface area contributed by atoms with Crippen molar-refractivity contribution in [2.75, 3.05) is 7.11 Å². The number of benzene rings is 1. The van der Waals surface area contributed by atoms with E-state index in [1.54, 1.807) is 6.20 Å². The number of esters is 1. The van der Waals surface area contributed by atoms with Crippen LogP contribution in [-0.4, -0.2) is 22.6 Å². The largest absolute Gasteiger partial charge is 0.469 e. The third-order valence-corrected chi connectivity index (χ3v) is 4.22. The lowest BCUT2D eigenvalue weighted by atomic mass is 10.0. The van der Waals surface area contributed by atoms with Gasteiger partial charge >= 0.3 is 5.97 Å².